The van der Waals surface area contributed by atoms with E-state index in [0.29, 0.717) is 0 Å². The zero-order valence-electron chi connectivity index (χ0n) is 8.34. The highest BCUT2D eigenvalue weighted by Crippen LogP contribution is 2.35. The molecule has 0 heterocycles. The van der Waals surface area contributed by atoms with Crippen molar-refractivity contribution < 1.29 is 19.3 Å². The second kappa shape index (κ2) is 3.46. The molecule has 0 aliphatic rings. The quantitative estimate of drug-likeness (QED) is 0.764. The van der Waals surface area contributed by atoms with Gasteiger partial charge in [-0.15, -0.1) is 0 Å². The second-order valence-electron chi connectivity index (χ2n) is 3.54. The topological polar surface area (TPSA) is 49.7 Å². The van der Waals surface area contributed by atoms with Gasteiger partial charge in [0, 0.05) is 5.56 Å². The maximum atomic E-state index is 13.6. The molecule has 0 aromatic heterocycles. The second-order valence-corrected chi connectivity index (χ2v) is 3.54. The number of rotatable bonds is 2. The van der Waals surface area contributed by atoms with Crippen molar-refractivity contribution in [3.05, 3.63) is 23.5 Å². The Hall–Kier alpha value is -1.29. The first-order valence-electron chi connectivity index (χ1n) is 4.16. The van der Waals surface area contributed by atoms with Gasteiger partial charge in [0.05, 0.1) is 12.7 Å². The summed E-state index contributed by atoms with van der Waals surface area (Å²) in [6.45, 7) is 2.92. The molecule has 0 aliphatic heterocycles. The first-order valence-corrected chi connectivity index (χ1v) is 4.16. The van der Waals surface area contributed by atoms with Gasteiger partial charge in [-0.1, -0.05) is 0 Å². The third kappa shape index (κ3) is 1.80. The highest BCUT2D eigenvalue weighted by Gasteiger charge is 2.24. The summed E-state index contributed by atoms with van der Waals surface area (Å²) in [5, 5.41) is 18.8. The summed E-state index contributed by atoms with van der Waals surface area (Å²) in [5.41, 5.74) is -1.21. The number of halogens is 1. The molecule has 0 fully saturated rings. The summed E-state index contributed by atoms with van der Waals surface area (Å²) in [6.07, 6.45) is 0. The molecule has 0 atom stereocenters. The molecule has 0 aliphatic carbocycles. The lowest BCUT2D eigenvalue weighted by Crippen LogP contribution is -2.17. The van der Waals surface area contributed by atoms with Crippen LogP contribution in [-0.4, -0.2) is 17.3 Å². The van der Waals surface area contributed by atoms with Crippen molar-refractivity contribution in [2.24, 2.45) is 0 Å². The molecule has 2 N–H and O–H groups in total. The number of benzene rings is 1. The Balaban J connectivity index is 3.36. The highest BCUT2D eigenvalue weighted by molar-refractivity contribution is 5.44. The van der Waals surface area contributed by atoms with Gasteiger partial charge in [0.15, 0.2) is 17.3 Å². The SMILES string of the molecule is COc1c(O)ccc(C(C)(C)O)c1F. The van der Waals surface area contributed by atoms with Crippen molar-refractivity contribution in [3.8, 4) is 11.5 Å². The van der Waals surface area contributed by atoms with E-state index in [2.05, 4.69) is 4.74 Å². The predicted octanol–water partition coefficient (Wildman–Crippen LogP) is 1.77. The molecular formula is C10H13FO3. The number of methoxy groups -OCH3 is 1. The van der Waals surface area contributed by atoms with E-state index in [0.717, 1.165) is 0 Å². The molecule has 0 spiro atoms. The minimum Gasteiger partial charge on any atom is -0.504 e. The van der Waals surface area contributed by atoms with Crippen molar-refractivity contribution in [1.82, 2.24) is 0 Å². The van der Waals surface area contributed by atoms with E-state index in [-0.39, 0.29) is 17.1 Å². The molecule has 0 radical (unpaired) electrons. The molecule has 0 bridgehead atoms. The van der Waals surface area contributed by atoms with Crippen LogP contribution in [-0.2, 0) is 5.60 Å². The first kappa shape index (κ1) is 10.8. The van der Waals surface area contributed by atoms with Gasteiger partial charge >= 0.3 is 0 Å². The fourth-order valence-corrected chi connectivity index (χ4v) is 1.21. The van der Waals surface area contributed by atoms with Gasteiger partial charge in [-0.3, -0.25) is 0 Å². The van der Waals surface area contributed by atoms with Gasteiger partial charge in [-0.2, -0.15) is 0 Å². The Bertz CT molecular complexity index is 342. The number of hydrogen-bond acceptors (Lipinski definition) is 3. The van der Waals surface area contributed by atoms with E-state index < -0.39 is 11.4 Å². The van der Waals surface area contributed by atoms with Crippen LogP contribution in [0.3, 0.4) is 0 Å². The van der Waals surface area contributed by atoms with Crippen LogP contribution < -0.4 is 4.74 Å². The van der Waals surface area contributed by atoms with Crippen molar-refractivity contribution >= 4 is 0 Å². The Morgan fingerprint density at radius 1 is 1.36 bits per heavy atom. The standard InChI is InChI=1S/C10H13FO3/c1-10(2,13)6-4-5-7(12)9(14-3)8(6)11/h4-5,12-13H,1-3H3. The molecule has 0 unspecified atom stereocenters. The van der Waals surface area contributed by atoms with Crippen molar-refractivity contribution in [1.29, 1.82) is 0 Å². The van der Waals surface area contributed by atoms with Gasteiger partial charge in [0.25, 0.3) is 0 Å². The fraction of sp³-hybridized carbons (Fsp3) is 0.400. The molecule has 1 rings (SSSR count). The van der Waals surface area contributed by atoms with E-state index >= 15 is 0 Å². The third-order valence-electron chi connectivity index (χ3n) is 1.94. The molecule has 0 amide bonds. The number of hydrogen-bond donors (Lipinski definition) is 2. The van der Waals surface area contributed by atoms with Crippen molar-refractivity contribution in [3.63, 3.8) is 0 Å². The lowest BCUT2D eigenvalue weighted by atomic mass is 9.97. The maximum Gasteiger partial charge on any atom is 0.196 e. The van der Waals surface area contributed by atoms with Crippen LogP contribution in [0.1, 0.15) is 19.4 Å². The lowest BCUT2D eigenvalue weighted by molar-refractivity contribution is 0.0738. The number of ether oxygens (including phenoxy) is 1. The van der Waals surface area contributed by atoms with Crippen LogP contribution in [0.2, 0.25) is 0 Å². The van der Waals surface area contributed by atoms with Crippen LogP contribution in [0.25, 0.3) is 0 Å². The monoisotopic (exact) mass is 200 g/mol. The van der Waals surface area contributed by atoms with E-state index in [1.54, 1.807) is 0 Å². The Morgan fingerprint density at radius 2 is 1.93 bits per heavy atom. The van der Waals surface area contributed by atoms with Crippen molar-refractivity contribution in [2.45, 2.75) is 19.4 Å². The number of phenolic OH excluding ortho intramolecular Hbond substituents is 1. The van der Waals surface area contributed by atoms with E-state index in [4.69, 9.17) is 0 Å². The molecule has 1 aromatic carbocycles. The summed E-state index contributed by atoms with van der Waals surface area (Å²) >= 11 is 0. The first-order chi connectivity index (χ1) is 6.38. The average Bonchev–Trinajstić information content (AvgIpc) is 2.02. The summed E-state index contributed by atoms with van der Waals surface area (Å²) < 4.78 is 18.3. The minimum atomic E-state index is -1.30. The Kier molecular flexibility index (Phi) is 2.66. The smallest absolute Gasteiger partial charge is 0.196 e. The van der Waals surface area contributed by atoms with E-state index in [1.807, 2.05) is 0 Å². The van der Waals surface area contributed by atoms with Crippen LogP contribution in [0.15, 0.2) is 12.1 Å². The molecular weight excluding hydrogens is 187 g/mol. The van der Waals surface area contributed by atoms with Crippen LogP contribution in [0, 0.1) is 5.82 Å². The predicted molar refractivity (Wildman–Crippen MR) is 49.9 cm³/mol. The summed E-state index contributed by atoms with van der Waals surface area (Å²) in [4.78, 5) is 0. The lowest BCUT2D eigenvalue weighted by Gasteiger charge is -2.19. The number of aliphatic hydroxyl groups is 1. The zero-order chi connectivity index (χ0) is 10.9. The number of phenols is 1. The van der Waals surface area contributed by atoms with E-state index in [9.17, 15) is 14.6 Å². The molecule has 3 nitrogen and oxygen atoms in total. The van der Waals surface area contributed by atoms with Gasteiger partial charge in [-0.25, -0.2) is 4.39 Å². The normalized spacial score (nSPS) is 11.5. The molecule has 0 saturated carbocycles. The summed E-state index contributed by atoms with van der Waals surface area (Å²) in [7, 11) is 1.26. The number of aromatic hydroxyl groups is 1. The molecule has 1 aromatic rings. The molecule has 4 heteroatoms. The van der Waals surface area contributed by atoms with Gasteiger partial charge in [0.1, 0.15) is 0 Å². The Labute approximate surface area is 81.8 Å². The van der Waals surface area contributed by atoms with Gasteiger partial charge in [0.2, 0.25) is 0 Å². The molecule has 14 heavy (non-hydrogen) atoms. The Morgan fingerprint density at radius 3 is 2.36 bits per heavy atom. The zero-order valence-corrected chi connectivity index (χ0v) is 8.34. The third-order valence-corrected chi connectivity index (χ3v) is 1.94. The molecule has 78 valence electrons. The maximum absolute atomic E-state index is 13.6. The minimum absolute atomic E-state index is 0.0900. The van der Waals surface area contributed by atoms with Crippen molar-refractivity contribution in [2.75, 3.05) is 7.11 Å². The largest absolute Gasteiger partial charge is 0.504 e. The molecule has 0 saturated heterocycles. The van der Waals surface area contributed by atoms with Crippen LogP contribution in [0.4, 0.5) is 4.39 Å². The van der Waals surface area contributed by atoms with Crippen LogP contribution >= 0.6 is 0 Å². The highest BCUT2D eigenvalue weighted by atomic mass is 19.1. The summed E-state index contributed by atoms with van der Waals surface area (Å²) in [6, 6.07) is 2.61. The summed E-state index contributed by atoms with van der Waals surface area (Å²) in [5.74, 6) is -1.26. The van der Waals surface area contributed by atoms with E-state index in [1.165, 1.54) is 33.1 Å². The van der Waals surface area contributed by atoms with Gasteiger partial charge < -0.3 is 14.9 Å². The fourth-order valence-electron chi connectivity index (χ4n) is 1.21. The van der Waals surface area contributed by atoms with Gasteiger partial charge in [-0.05, 0) is 26.0 Å². The average molecular weight is 200 g/mol. The van der Waals surface area contributed by atoms with Crippen LogP contribution in [0.5, 0.6) is 11.5 Å².